The van der Waals surface area contributed by atoms with Crippen LogP contribution in [0.15, 0.2) is 36.6 Å². The molecule has 62 heavy (non-hydrogen) atoms. The van der Waals surface area contributed by atoms with Gasteiger partial charge in [-0.2, -0.15) is 4.31 Å². The normalized spacial score (nSPS) is 20.9. The number of anilines is 1. The number of nitrogens with two attached hydrogens (primary N) is 1. The van der Waals surface area contributed by atoms with Gasteiger partial charge in [-0.05, 0) is 23.8 Å². The standard InChI is InChI=1S/C31H44N7O20P3S/c1-31(2,25(43)28(44)34-7-6-21(41)33-8-9-62-30(45)18(40)10-16-4-5-17(39)19(11-16)53-3)13-55-61(51,52)58-60(49,50)54-12-20-24(57-59(46,47)48)23(42)29(56-20)38-15-37-22-26(32)35-14-36-27(22)38/h4-5,10-11,14-15,20,23-25,29,39-40,42-43H,6-9,12-13H2,1-3H3,(H,33,41)(H,34,44)(H,49,50)(H,51,52)(H2,32,35,36)(H2,46,47,48)/b18-10-/t20-,23-,24-,25+,29-/m1/s1. The fourth-order valence-corrected chi connectivity index (χ4v) is 8.77. The molecule has 4 rings (SSSR count). The molecule has 344 valence electrons. The zero-order chi connectivity index (χ0) is 46.2. The summed E-state index contributed by atoms with van der Waals surface area (Å²) in [6.45, 7) is 0.0869. The van der Waals surface area contributed by atoms with E-state index in [1.165, 1.54) is 45.2 Å². The third kappa shape index (κ3) is 14.2. The lowest BCUT2D eigenvalue weighted by atomic mass is 9.87. The first kappa shape index (κ1) is 50.6. The Hall–Kier alpha value is -4.08. The van der Waals surface area contributed by atoms with Crippen molar-refractivity contribution in [2.24, 2.45) is 5.41 Å². The van der Waals surface area contributed by atoms with Crippen LogP contribution in [0.4, 0.5) is 5.82 Å². The third-order valence-electron chi connectivity index (χ3n) is 8.45. The van der Waals surface area contributed by atoms with E-state index in [1.807, 2.05) is 0 Å². The zero-order valence-corrected chi connectivity index (χ0v) is 36.2. The molecule has 0 bridgehead atoms. The molecule has 2 aromatic heterocycles. The minimum Gasteiger partial charge on any atom is -0.504 e. The van der Waals surface area contributed by atoms with Crippen LogP contribution in [0.5, 0.6) is 11.5 Å². The van der Waals surface area contributed by atoms with E-state index < -0.39 is 95.4 Å². The maximum atomic E-state index is 12.7. The summed E-state index contributed by atoms with van der Waals surface area (Å²) in [4.78, 5) is 88.1. The maximum absolute atomic E-state index is 12.7. The Balaban J connectivity index is 1.20. The van der Waals surface area contributed by atoms with Crippen LogP contribution in [0.2, 0.25) is 0 Å². The second-order valence-electron chi connectivity index (χ2n) is 13.7. The number of rotatable bonds is 22. The van der Waals surface area contributed by atoms with Crippen molar-refractivity contribution < 1.29 is 95.4 Å². The van der Waals surface area contributed by atoms with Gasteiger partial charge in [-0.25, -0.2) is 28.6 Å². The second kappa shape index (κ2) is 21.1. The first-order chi connectivity index (χ1) is 28.8. The number of carbonyl (C=O) groups is 3. The van der Waals surface area contributed by atoms with Crippen molar-refractivity contribution in [3.63, 3.8) is 0 Å². The van der Waals surface area contributed by atoms with Crippen LogP contribution >= 0.6 is 35.2 Å². The van der Waals surface area contributed by atoms with Crippen molar-refractivity contribution >= 4 is 75.2 Å². The largest absolute Gasteiger partial charge is 0.504 e. The third-order valence-corrected chi connectivity index (χ3v) is 12.4. The van der Waals surface area contributed by atoms with Crippen LogP contribution in [0.25, 0.3) is 17.2 Å². The molecule has 3 heterocycles. The van der Waals surface area contributed by atoms with Crippen molar-refractivity contribution in [3.8, 4) is 11.5 Å². The molecule has 0 aliphatic carbocycles. The highest BCUT2D eigenvalue weighted by Gasteiger charge is 2.50. The van der Waals surface area contributed by atoms with E-state index in [4.69, 9.17) is 24.3 Å². The number of amides is 2. The van der Waals surface area contributed by atoms with Crippen LogP contribution in [0, 0.1) is 5.41 Å². The first-order valence-corrected chi connectivity index (χ1v) is 23.2. The molecule has 0 spiro atoms. The highest BCUT2D eigenvalue weighted by atomic mass is 32.2. The maximum Gasteiger partial charge on any atom is 0.481 e. The van der Waals surface area contributed by atoms with E-state index >= 15 is 0 Å². The molecule has 1 aliphatic heterocycles. The number of carbonyl (C=O) groups excluding carboxylic acids is 3. The summed E-state index contributed by atoms with van der Waals surface area (Å²) in [7, 11) is -15.2. The Kier molecular flexibility index (Phi) is 17.2. The van der Waals surface area contributed by atoms with Crippen molar-refractivity contribution in [2.45, 2.75) is 50.9 Å². The quantitative estimate of drug-likeness (QED) is 0.0273. The number of hydrogen-bond donors (Lipinski definition) is 11. The Morgan fingerprint density at radius 2 is 1.76 bits per heavy atom. The number of ether oxygens (including phenoxy) is 2. The van der Waals surface area contributed by atoms with E-state index in [1.54, 1.807) is 0 Å². The van der Waals surface area contributed by atoms with Crippen LogP contribution in [0.1, 0.15) is 32.1 Å². The molecule has 2 unspecified atom stereocenters. The smallest absolute Gasteiger partial charge is 0.481 e. The van der Waals surface area contributed by atoms with Crippen LogP contribution < -0.4 is 21.1 Å². The SMILES string of the molecule is COc1cc(/C=C(\O)C(=O)SCCNC(=O)CCNC(=O)[C@H](O)C(C)(C)COP(=O)(O)OP(=O)(O)OC[C@H]2O[C@@H](n3cnc4c(N)ncnc43)[C@H](O)[C@@H]2OP(=O)(O)O)ccc1O. The molecular weight excluding hydrogens is 915 g/mol. The average Bonchev–Trinajstić information content (AvgIpc) is 3.75. The number of nitrogens with zero attached hydrogens (tertiary/aromatic N) is 4. The number of aliphatic hydroxyl groups is 3. The Bertz CT molecular complexity index is 2280. The molecule has 1 aromatic carbocycles. The number of benzene rings is 1. The molecule has 0 radical (unpaired) electrons. The molecular formula is C31H44N7O20P3S. The number of phosphoric ester groups is 3. The van der Waals surface area contributed by atoms with E-state index in [2.05, 4.69) is 34.4 Å². The minimum atomic E-state index is -5.60. The molecule has 0 saturated carbocycles. The molecule has 1 saturated heterocycles. The lowest BCUT2D eigenvalue weighted by Gasteiger charge is -2.30. The summed E-state index contributed by atoms with van der Waals surface area (Å²) in [5.74, 6) is -2.14. The number of nitrogens with one attached hydrogen (secondary N) is 2. The number of aromatic nitrogens is 4. The second-order valence-corrected chi connectivity index (χ2v) is 19.0. The van der Waals surface area contributed by atoms with Gasteiger partial charge in [0.15, 0.2) is 35.0 Å². The predicted molar refractivity (Wildman–Crippen MR) is 212 cm³/mol. The monoisotopic (exact) mass is 959 g/mol. The number of fused-ring (bicyclic) bond motifs is 1. The van der Waals surface area contributed by atoms with Crippen molar-refractivity contribution in [1.82, 2.24) is 30.2 Å². The van der Waals surface area contributed by atoms with Gasteiger partial charge < -0.3 is 65.8 Å². The van der Waals surface area contributed by atoms with Gasteiger partial charge in [0.2, 0.25) is 11.8 Å². The van der Waals surface area contributed by atoms with Crippen LogP contribution in [0.3, 0.4) is 0 Å². The highest BCUT2D eigenvalue weighted by Crippen LogP contribution is 2.61. The summed E-state index contributed by atoms with van der Waals surface area (Å²) in [5.41, 5.74) is 4.57. The lowest BCUT2D eigenvalue weighted by molar-refractivity contribution is -0.137. The topological polar surface area (TPSA) is 413 Å². The molecule has 1 fully saturated rings. The van der Waals surface area contributed by atoms with Gasteiger partial charge in [0.25, 0.3) is 5.12 Å². The molecule has 7 atom stereocenters. The van der Waals surface area contributed by atoms with Gasteiger partial charge >= 0.3 is 23.5 Å². The minimum absolute atomic E-state index is 0.00539. The zero-order valence-electron chi connectivity index (χ0n) is 32.7. The number of phenolic OH excluding ortho intramolecular Hbond substituents is 1. The van der Waals surface area contributed by atoms with Crippen molar-refractivity contribution in [2.75, 3.05) is 44.9 Å². The molecule has 2 amide bonds. The first-order valence-electron chi connectivity index (χ1n) is 17.7. The van der Waals surface area contributed by atoms with E-state index in [9.17, 15) is 68.1 Å². The summed E-state index contributed by atoms with van der Waals surface area (Å²) in [5, 5.41) is 45.4. The summed E-state index contributed by atoms with van der Waals surface area (Å²) >= 11 is 0.712. The van der Waals surface area contributed by atoms with Gasteiger partial charge in [-0.1, -0.05) is 31.7 Å². The number of phosphoric acid groups is 3. The number of aromatic hydroxyl groups is 1. The fraction of sp³-hybridized carbons (Fsp3) is 0.484. The fourth-order valence-electron chi connectivity index (χ4n) is 5.35. The molecule has 3 aromatic rings. The number of nitrogen functional groups attached to an aromatic ring is 1. The molecule has 27 nitrogen and oxygen atoms in total. The van der Waals surface area contributed by atoms with Crippen LogP contribution in [-0.4, -0.2) is 140 Å². The van der Waals surface area contributed by atoms with E-state index in [0.717, 1.165) is 17.2 Å². The van der Waals surface area contributed by atoms with Gasteiger partial charge in [0.1, 0.15) is 36.3 Å². The highest BCUT2D eigenvalue weighted by molar-refractivity contribution is 8.14. The molecule has 12 N–H and O–H groups in total. The summed E-state index contributed by atoms with van der Waals surface area (Å²) in [6, 6.07) is 4.18. The predicted octanol–water partition coefficient (Wildman–Crippen LogP) is -0.0220. The number of hydrogen-bond acceptors (Lipinski definition) is 21. The number of phenols is 1. The Morgan fingerprint density at radius 3 is 2.44 bits per heavy atom. The number of thioether (sulfide) groups is 1. The van der Waals surface area contributed by atoms with Gasteiger partial charge in [-0.3, -0.25) is 32.5 Å². The van der Waals surface area contributed by atoms with Crippen LogP contribution in [-0.2, 0) is 50.7 Å². The van der Waals surface area contributed by atoms with Crippen molar-refractivity contribution in [3.05, 3.63) is 42.2 Å². The van der Waals surface area contributed by atoms with Crippen molar-refractivity contribution in [1.29, 1.82) is 0 Å². The summed E-state index contributed by atoms with van der Waals surface area (Å²) in [6.07, 6.45) is -6.00. The molecule has 31 heteroatoms. The molecule has 1 aliphatic rings. The van der Waals surface area contributed by atoms with Gasteiger partial charge in [0, 0.05) is 30.7 Å². The summed E-state index contributed by atoms with van der Waals surface area (Å²) < 4.78 is 67.1. The average molecular weight is 960 g/mol. The lowest BCUT2D eigenvalue weighted by Crippen LogP contribution is -2.46. The van der Waals surface area contributed by atoms with E-state index in [-0.39, 0.29) is 53.7 Å². The van der Waals surface area contributed by atoms with Gasteiger partial charge in [0.05, 0.1) is 26.7 Å². The Morgan fingerprint density at radius 1 is 1.06 bits per heavy atom. The number of imidazole rings is 1. The Labute approximate surface area is 355 Å². The van der Waals surface area contributed by atoms with E-state index in [0.29, 0.717) is 17.3 Å². The van der Waals surface area contributed by atoms with Gasteiger partial charge in [-0.15, -0.1) is 0 Å². The number of aliphatic hydroxyl groups excluding tert-OH is 3. The number of methoxy groups -OCH3 is 1.